The van der Waals surface area contributed by atoms with Crippen LogP contribution in [0, 0.1) is 5.41 Å². The van der Waals surface area contributed by atoms with Gasteiger partial charge in [0, 0.05) is 52.5 Å². The van der Waals surface area contributed by atoms with Gasteiger partial charge in [-0.15, -0.1) is 0 Å². The number of hydrogen-bond acceptors (Lipinski definition) is 8. The predicted molar refractivity (Wildman–Crippen MR) is 158 cm³/mol. The number of ketones is 1. The van der Waals surface area contributed by atoms with Crippen LogP contribution in [-0.2, 0) is 38.1 Å². The van der Waals surface area contributed by atoms with Crippen molar-refractivity contribution in [1.82, 2.24) is 16.0 Å². The van der Waals surface area contributed by atoms with E-state index < -0.39 is 5.41 Å². The lowest BCUT2D eigenvalue weighted by molar-refractivity contribution is -0.117. The van der Waals surface area contributed by atoms with E-state index in [0.717, 1.165) is 0 Å². The van der Waals surface area contributed by atoms with Gasteiger partial charge >= 0.3 is 0 Å². The Labute approximate surface area is 244 Å². The van der Waals surface area contributed by atoms with Crippen LogP contribution in [0.3, 0.4) is 0 Å². The number of nitrogens with one attached hydrogen (secondary N) is 3. The Kier molecular flexibility index (Phi) is 23.9. The minimum atomic E-state index is -0.629. The number of amides is 3. The molecule has 0 radical (unpaired) electrons. The third-order valence-corrected chi connectivity index (χ3v) is 5.67. The lowest BCUT2D eigenvalue weighted by atomic mass is 9.92. The van der Waals surface area contributed by atoms with E-state index in [2.05, 4.69) is 42.3 Å². The van der Waals surface area contributed by atoms with Crippen LogP contribution in [-0.4, -0.2) is 96.0 Å². The molecule has 0 spiro atoms. The largest absolute Gasteiger partial charge is 0.381 e. The summed E-state index contributed by atoms with van der Waals surface area (Å²) in [5.74, 6) is -0.707. The Balaban J connectivity index is 5.08. The summed E-state index contributed by atoms with van der Waals surface area (Å²) in [6, 6.07) is 0. The van der Waals surface area contributed by atoms with Crippen molar-refractivity contribution in [2.24, 2.45) is 5.41 Å². The average molecular weight is 580 g/mol. The van der Waals surface area contributed by atoms with Crippen LogP contribution >= 0.6 is 0 Å². The summed E-state index contributed by atoms with van der Waals surface area (Å²) in [6.45, 7) is 18.0. The summed E-state index contributed by atoms with van der Waals surface area (Å²) in [4.78, 5) is 45.5. The summed E-state index contributed by atoms with van der Waals surface area (Å²) in [5.41, 5.74) is -0.629. The number of unbranched alkanes of at least 4 members (excludes halogenated alkanes) is 1. The molecule has 0 unspecified atom stereocenters. The van der Waals surface area contributed by atoms with Crippen molar-refractivity contribution >= 4 is 23.5 Å². The fraction of sp³-hybridized carbons (Fsp3) is 0.600. The molecule has 3 N–H and O–H groups in total. The second-order valence-corrected chi connectivity index (χ2v) is 9.38. The molecule has 11 heteroatoms. The Morgan fingerprint density at radius 3 is 1.17 bits per heavy atom. The van der Waals surface area contributed by atoms with E-state index in [4.69, 9.17) is 18.9 Å². The van der Waals surface area contributed by atoms with Crippen LogP contribution in [0.1, 0.15) is 38.5 Å². The molecular weight excluding hydrogens is 530 g/mol. The molecule has 0 aliphatic carbocycles. The first kappa shape index (κ1) is 37.9. The quantitative estimate of drug-likeness (QED) is 0.0903. The van der Waals surface area contributed by atoms with E-state index in [0.29, 0.717) is 91.2 Å². The molecule has 3 amide bonds. The molecule has 11 nitrogen and oxygen atoms in total. The zero-order chi connectivity index (χ0) is 30.6. The highest BCUT2D eigenvalue weighted by Crippen LogP contribution is 2.21. The maximum Gasteiger partial charge on any atom is 0.243 e. The molecule has 0 aromatic heterocycles. The zero-order valence-corrected chi connectivity index (χ0v) is 24.4. The van der Waals surface area contributed by atoms with Gasteiger partial charge < -0.3 is 34.9 Å². The second-order valence-electron chi connectivity index (χ2n) is 9.38. The fourth-order valence-electron chi connectivity index (χ4n) is 3.38. The van der Waals surface area contributed by atoms with Gasteiger partial charge in [-0.3, -0.25) is 19.2 Å². The van der Waals surface area contributed by atoms with E-state index in [1.165, 1.54) is 24.3 Å². The predicted octanol–water partition coefficient (Wildman–Crippen LogP) is 2.04. The molecule has 0 aliphatic rings. The number of hydrogen-bond donors (Lipinski definition) is 3. The van der Waals surface area contributed by atoms with Gasteiger partial charge in [-0.2, -0.15) is 0 Å². The number of rotatable bonds is 29. The first-order chi connectivity index (χ1) is 19.8. The van der Waals surface area contributed by atoms with Gasteiger partial charge in [0.05, 0.1) is 31.8 Å². The Hall–Kier alpha value is -3.12. The van der Waals surface area contributed by atoms with E-state index in [-0.39, 0.29) is 43.3 Å². The number of allylic oxidation sites excluding steroid dienone is 1. The third kappa shape index (κ3) is 22.3. The summed E-state index contributed by atoms with van der Waals surface area (Å²) in [5, 5.41) is 8.14. The molecule has 41 heavy (non-hydrogen) atoms. The fourth-order valence-corrected chi connectivity index (χ4v) is 3.38. The Morgan fingerprint density at radius 1 is 0.512 bits per heavy atom. The molecule has 0 bridgehead atoms. The molecule has 0 fully saturated rings. The highest BCUT2D eigenvalue weighted by atomic mass is 16.5. The number of carbonyl (C=O) groups excluding carboxylic acids is 4. The maximum absolute atomic E-state index is 11.5. The van der Waals surface area contributed by atoms with Gasteiger partial charge in [-0.05, 0) is 56.4 Å². The summed E-state index contributed by atoms with van der Waals surface area (Å²) < 4.78 is 23.9. The maximum atomic E-state index is 11.5. The zero-order valence-electron chi connectivity index (χ0n) is 24.4. The first-order valence-corrected chi connectivity index (χ1v) is 14.0. The van der Waals surface area contributed by atoms with Crippen molar-refractivity contribution in [3.63, 3.8) is 0 Å². The number of carbonyl (C=O) groups is 4. The lowest BCUT2D eigenvalue weighted by Gasteiger charge is -2.33. The minimum absolute atomic E-state index is 0.00684. The molecule has 0 heterocycles. The van der Waals surface area contributed by atoms with Crippen molar-refractivity contribution < 1.29 is 38.1 Å². The molecular formula is C30H49N3O8. The summed E-state index contributed by atoms with van der Waals surface area (Å²) in [6.07, 6.45) is 8.67. The smallest absolute Gasteiger partial charge is 0.243 e. The van der Waals surface area contributed by atoms with Crippen molar-refractivity contribution in [1.29, 1.82) is 0 Å². The molecule has 0 atom stereocenters. The SMILES string of the molecule is C=CC(=O)CCCCOCC(COCCCNC(=O)C=C)(COCCCNC(=O)C=C)COCCCNC(=O)C=C. The minimum Gasteiger partial charge on any atom is -0.381 e. The van der Waals surface area contributed by atoms with E-state index in [1.807, 2.05) is 0 Å². The number of ether oxygens (including phenoxy) is 4. The molecule has 0 saturated heterocycles. The molecule has 232 valence electrons. The molecule has 0 aliphatic heterocycles. The van der Waals surface area contributed by atoms with Gasteiger partial charge in [0.2, 0.25) is 17.7 Å². The summed E-state index contributed by atoms with van der Waals surface area (Å²) >= 11 is 0. The van der Waals surface area contributed by atoms with Crippen LogP contribution in [0.4, 0.5) is 0 Å². The van der Waals surface area contributed by atoms with Gasteiger partial charge in [0.1, 0.15) is 0 Å². The van der Waals surface area contributed by atoms with E-state index in [9.17, 15) is 19.2 Å². The van der Waals surface area contributed by atoms with Crippen molar-refractivity contribution in [3.05, 3.63) is 50.6 Å². The van der Waals surface area contributed by atoms with Crippen LogP contribution in [0.2, 0.25) is 0 Å². The average Bonchev–Trinajstić information content (AvgIpc) is 2.99. The van der Waals surface area contributed by atoms with Gasteiger partial charge in [0.15, 0.2) is 5.78 Å². The monoisotopic (exact) mass is 579 g/mol. The molecule has 0 saturated carbocycles. The Bertz CT molecular complexity index is 682. The molecule has 0 rings (SSSR count). The van der Waals surface area contributed by atoms with Crippen LogP contribution < -0.4 is 16.0 Å². The summed E-state index contributed by atoms with van der Waals surface area (Å²) in [7, 11) is 0. The normalized spacial score (nSPS) is 10.8. The van der Waals surface area contributed by atoms with Gasteiger partial charge in [-0.1, -0.05) is 26.3 Å². The Morgan fingerprint density at radius 2 is 0.854 bits per heavy atom. The molecule has 0 aromatic carbocycles. The van der Waals surface area contributed by atoms with Crippen LogP contribution in [0.5, 0.6) is 0 Å². The van der Waals surface area contributed by atoms with Gasteiger partial charge in [-0.25, -0.2) is 0 Å². The van der Waals surface area contributed by atoms with Crippen molar-refractivity contribution in [3.8, 4) is 0 Å². The third-order valence-electron chi connectivity index (χ3n) is 5.67. The standard InChI is InChI=1S/C30H49N3O8/c1-5-26(34)14-9-10-18-38-22-30(23-39-19-11-15-31-27(35)6-2,24-40-20-12-16-32-28(36)7-3)25-41-21-13-17-33-29(37)8-4/h5-8H,1-4,9-25H2,(H,31,35)(H,32,36)(H,33,37). The van der Waals surface area contributed by atoms with Crippen molar-refractivity contribution in [2.45, 2.75) is 38.5 Å². The molecule has 0 aromatic rings. The van der Waals surface area contributed by atoms with Crippen molar-refractivity contribution in [2.75, 3.05) is 72.5 Å². The lowest BCUT2D eigenvalue weighted by Crippen LogP contribution is -2.42. The highest BCUT2D eigenvalue weighted by Gasteiger charge is 2.32. The van der Waals surface area contributed by atoms with Crippen LogP contribution in [0.25, 0.3) is 0 Å². The highest BCUT2D eigenvalue weighted by molar-refractivity contribution is 5.89. The van der Waals surface area contributed by atoms with E-state index in [1.54, 1.807) is 0 Å². The second kappa shape index (κ2) is 25.8. The topological polar surface area (TPSA) is 141 Å². The van der Waals surface area contributed by atoms with Gasteiger partial charge in [0.25, 0.3) is 0 Å². The van der Waals surface area contributed by atoms with Crippen LogP contribution in [0.15, 0.2) is 50.6 Å². The first-order valence-electron chi connectivity index (χ1n) is 14.0. The van der Waals surface area contributed by atoms with E-state index >= 15 is 0 Å².